The van der Waals surface area contributed by atoms with E-state index in [1.54, 1.807) is 12.1 Å². The molecule has 0 bridgehead atoms. The molecule has 0 aromatic heterocycles. The van der Waals surface area contributed by atoms with Crippen molar-refractivity contribution in [2.45, 2.75) is 39.8 Å². The van der Waals surface area contributed by atoms with Gasteiger partial charge in [0.05, 0.1) is 6.54 Å². The summed E-state index contributed by atoms with van der Waals surface area (Å²) in [6.45, 7) is 8.74. The Labute approximate surface area is 120 Å². The second kappa shape index (κ2) is 7.14. The van der Waals surface area contributed by atoms with Gasteiger partial charge >= 0.3 is 0 Å². The van der Waals surface area contributed by atoms with E-state index < -0.39 is 0 Å². The molecule has 0 fully saturated rings. The van der Waals surface area contributed by atoms with Crippen LogP contribution >= 0.6 is 0 Å². The Morgan fingerprint density at radius 1 is 1.20 bits per heavy atom. The number of benzene rings is 1. The molecule has 1 atom stereocenters. The lowest BCUT2D eigenvalue weighted by atomic mass is 10.1. The van der Waals surface area contributed by atoms with Gasteiger partial charge in [-0.15, -0.1) is 0 Å². The first-order valence-corrected chi connectivity index (χ1v) is 6.89. The third-order valence-electron chi connectivity index (χ3n) is 3.16. The summed E-state index contributed by atoms with van der Waals surface area (Å²) >= 11 is 0. The zero-order valence-electron chi connectivity index (χ0n) is 12.6. The molecule has 0 spiro atoms. The number of carbonyl (C=O) groups excluding carboxylic acids is 1. The molecule has 5 heteroatoms. The standard InChI is InChI=1S/C15H24N2O3/c1-5-17(9-15(20)16-10(2)3)11(4)12-6-13(18)8-14(19)7-12/h6-8,10-11,18-19H,5,9H2,1-4H3,(H,16,20). The predicted molar refractivity (Wildman–Crippen MR) is 78.7 cm³/mol. The molecule has 0 aliphatic carbocycles. The highest BCUT2D eigenvalue weighted by Gasteiger charge is 2.18. The molecule has 0 aliphatic heterocycles. The lowest BCUT2D eigenvalue weighted by Gasteiger charge is -2.28. The number of hydrogen-bond donors (Lipinski definition) is 3. The monoisotopic (exact) mass is 280 g/mol. The van der Waals surface area contributed by atoms with Gasteiger partial charge in [-0.1, -0.05) is 6.92 Å². The number of amides is 1. The fourth-order valence-electron chi connectivity index (χ4n) is 2.14. The van der Waals surface area contributed by atoms with E-state index >= 15 is 0 Å². The second-order valence-corrected chi connectivity index (χ2v) is 5.24. The summed E-state index contributed by atoms with van der Waals surface area (Å²) in [6.07, 6.45) is 0. The molecule has 1 rings (SSSR count). The molecular formula is C15H24N2O3. The maximum atomic E-state index is 11.8. The number of nitrogens with zero attached hydrogens (tertiary/aromatic N) is 1. The van der Waals surface area contributed by atoms with Crippen LogP contribution < -0.4 is 5.32 Å². The molecule has 0 radical (unpaired) electrons. The van der Waals surface area contributed by atoms with Crippen molar-refractivity contribution in [3.05, 3.63) is 23.8 Å². The average Bonchev–Trinajstić information content (AvgIpc) is 2.33. The molecule has 112 valence electrons. The molecule has 5 nitrogen and oxygen atoms in total. The minimum atomic E-state index is -0.0732. The van der Waals surface area contributed by atoms with E-state index in [0.29, 0.717) is 6.54 Å². The van der Waals surface area contributed by atoms with Crippen LogP contribution in [0.3, 0.4) is 0 Å². The van der Waals surface area contributed by atoms with Gasteiger partial charge < -0.3 is 15.5 Å². The highest BCUT2D eigenvalue weighted by molar-refractivity contribution is 5.78. The van der Waals surface area contributed by atoms with Crippen LogP contribution in [-0.2, 0) is 4.79 Å². The van der Waals surface area contributed by atoms with Crippen molar-refractivity contribution in [1.82, 2.24) is 10.2 Å². The zero-order valence-corrected chi connectivity index (χ0v) is 12.6. The Morgan fingerprint density at radius 2 is 1.75 bits per heavy atom. The molecule has 0 saturated heterocycles. The minimum absolute atomic E-state index is 0.0227. The van der Waals surface area contributed by atoms with Crippen LogP contribution in [0, 0.1) is 0 Å². The quantitative estimate of drug-likeness (QED) is 0.745. The molecule has 1 aromatic rings. The molecule has 1 aromatic carbocycles. The third kappa shape index (κ3) is 4.74. The van der Waals surface area contributed by atoms with Gasteiger partial charge in [0.1, 0.15) is 11.5 Å². The van der Waals surface area contributed by atoms with Gasteiger partial charge in [0.15, 0.2) is 0 Å². The second-order valence-electron chi connectivity index (χ2n) is 5.24. The topological polar surface area (TPSA) is 72.8 Å². The van der Waals surface area contributed by atoms with E-state index in [4.69, 9.17) is 0 Å². The van der Waals surface area contributed by atoms with E-state index in [1.807, 2.05) is 32.6 Å². The summed E-state index contributed by atoms with van der Waals surface area (Å²) in [5.41, 5.74) is 0.779. The molecule has 0 aliphatic rings. The average molecular weight is 280 g/mol. The van der Waals surface area contributed by atoms with Gasteiger partial charge in [0, 0.05) is 18.2 Å². The lowest BCUT2D eigenvalue weighted by molar-refractivity contribution is -0.123. The molecule has 0 heterocycles. The van der Waals surface area contributed by atoms with Crippen LogP contribution in [0.1, 0.15) is 39.3 Å². The minimum Gasteiger partial charge on any atom is -0.508 e. The SMILES string of the molecule is CCN(CC(=O)NC(C)C)C(C)c1cc(O)cc(O)c1. The molecule has 1 unspecified atom stereocenters. The van der Waals surface area contributed by atoms with Crippen LogP contribution in [-0.4, -0.2) is 40.2 Å². The van der Waals surface area contributed by atoms with E-state index in [2.05, 4.69) is 5.32 Å². The number of hydrogen-bond acceptors (Lipinski definition) is 4. The first kappa shape index (κ1) is 16.3. The van der Waals surface area contributed by atoms with E-state index in [-0.39, 0.29) is 36.0 Å². The number of likely N-dealkylation sites (N-methyl/N-ethyl adjacent to an activating group) is 1. The smallest absolute Gasteiger partial charge is 0.234 e. The van der Waals surface area contributed by atoms with Crippen molar-refractivity contribution in [3.63, 3.8) is 0 Å². The summed E-state index contributed by atoms with van der Waals surface area (Å²) in [4.78, 5) is 13.8. The molecule has 1 amide bonds. The van der Waals surface area contributed by atoms with Crippen molar-refractivity contribution in [1.29, 1.82) is 0 Å². The van der Waals surface area contributed by atoms with Crippen LogP contribution in [0.4, 0.5) is 0 Å². The van der Waals surface area contributed by atoms with Gasteiger partial charge in [-0.05, 0) is 45.0 Å². The maximum absolute atomic E-state index is 11.8. The van der Waals surface area contributed by atoms with Crippen LogP contribution in [0.5, 0.6) is 11.5 Å². The van der Waals surface area contributed by atoms with Crippen molar-refractivity contribution < 1.29 is 15.0 Å². The molecule has 0 saturated carbocycles. The fourth-order valence-corrected chi connectivity index (χ4v) is 2.14. The number of nitrogens with one attached hydrogen (secondary N) is 1. The number of rotatable bonds is 6. The van der Waals surface area contributed by atoms with Crippen molar-refractivity contribution in [2.75, 3.05) is 13.1 Å². The van der Waals surface area contributed by atoms with Crippen molar-refractivity contribution in [3.8, 4) is 11.5 Å². The normalized spacial score (nSPS) is 12.7. The Bertz CT molecular complexity index is 440. The molecule has 3 N–H and O–H groups in total. The zero-order chi connectivity index (χ0) is 15.3. The first-order chi connectivity index (χ1) is 9.33. The van der Waals surface area contributed by atoms with Gasteiger partial charge in [-0.25, -0.2) is 0 Å². The van der Waals surface area contributed by atoms with Crippen LogP contribution in [0.2, 0.25) is 0 Å². The van der Waals surface area contributed by atoms with Crippen LogP contribution in [0.15, 0.2) is 18.2 Å². The van der Waals surface area contributed by atoms with Crippen LogP contribution in [0.25, 0.3) is 0 Å². The highest BCUT2D eigenvalue weighted by Crippen LogP contribution is 2.27. The maximum Gasteiger partial charge on any atom is 0.234 e. The lowest BCUT2D eigenvalue weighted by Crippen LogP contribution is -2.41. The van der Waals surface area contributed by atoms with Crippen molar-refractivity contribution >= 4 is 5.91 Å². The van der Waals surface area contributed by atoms with E-state index in [9.17, 15) is 15.0 Å². The highest BCUT2D eigenvalue weighted by atomic mass is 16.3. The molecular weight excluding hydrogens is 256 g/mol. The number of phenolic OH excluding ortho intramolecular Hbond substituents is 2. The Kier molecular flexibility index (Phi) is 5.82. The summed E-state index contributed by atoms with van der Waals surface area (Å²) in [7, 11) is 0. The third-order valence-corrected chi connectivity index (χ3v) is 3.16. The summed E-state index contributed by atoms with van der Waals surface area (Å²) < 4.78 is 0. The summed E-state index contributed by atoms with van der Waals surface area (Å²) in [5.74, 6) is 0.0159. The number of phenols is 2. The van der Waals surface area contributed by atoms with E-state index in [0.717, 1.165) is 5.56 Å². The van der Waals surface area contributed by atoms with E-state index in [1.165, 1.54) is 6.07 Å². The summed E-state index contributed by atoms with van der Waals surface area (Å²) in [6, 6.07) is 4.54. The predicted octanol–water partition coefficient (Wildman–Crippen LogP) is 2.01. The van der Waals surface area contributed by atoms with Crippen molar-refractivity contribution in [2.24, 2.45) is 0 Å². The largest absolute Gasteiger partial charge is 0.508 e. The Morgan fingerprint density at radius 3 is 2.20 bits per heavy atom. The van der Waals surface area contributed by atoms with Gasteiger partial charge in [-0.2, -0.15) is 0 Å². The number of carbonyl (C=O) groups is 1. The Hall–Kier alpha value is -1.75. The number of aromatic hydroxyl groups is 2. The molecule has 20 heavy (non-hydrogen) atoms. The fraction of sp³-hybridized carbons (Fsp3) is 0.533. The van der Waals surface area contributed by atoms with Gasteiger partial charge in [0.2, 0.25) is 5.91 Å². The Balaban J connectivity index is 2.80. The van der Waals surface area contributed by atoms with Gasteiger partial charge in [0.25, 0.3) is 0 Å². The van der Waals surface area contributed by atoms with Gasteiger partial charge in [-0.3, -0.25) is 9.69 Å². The first-order valence-electron chi connectivity index (χ1n) is 6.89. The summed E-state index contributed by atoms with van der Waals surface area (Å²) in [5, 5.41) is 21.9.